The van der Waals surface area contributed by atoms with Crippen LogP contribution >= 0.6 is 0 Å². The van der Waals surface area contributed by atoms with Crippen LogP contribution in [-0.4, -0.2) is 24.2 Å². The van der Waals surface area contributed by atoms with E-state index in [1.165, 1.54) is 0 Å². The number of hydrogen-bond acceptors (Lipinski definition) is 1. The van der Waals surface area contributed by atoms with Gasteiger partial charge in [-0.05, 0) is 0 Å². The van der Waals surface area contributed by atoms with Gasteiger partial charge in [-0.1, -0.05) is 0 Å². The fraction of sp³-hybridized carbons (Fsp3) is 0.800. The molecule has 0 saturated heterocycles. The van der Waals surface area contributed by atoms with Crippen molar-refractivity contribution in [1.82, 2.24) is 0 Å². The molecule has 9 heavy (non-hydrogen) atoms. The highest BCUT2D eigenvalue weighted by Crippen LogP contribution is 1.96. The third-order valence-electron chi connectivity index (χ3n) is 1.25. The van der Waals surface area contributed by atoms with Crippen molar-refractivity contribution in [2.45, 2.75) is 6.42 Å². The van der Waals surface area contributed by atoms with Crippen LogP contribution in [0.2, 0.25) is 0 Å². The van der Waals surface area contributed by atoms with Crippen LogP contribution in [0.3, 0.4) is 0 Å². The summed E-state index contributed by atoms with van der Waals surface area (Å²) in [7, 11) is 0. The summed E-state index contributed by atoms with van der Waals surface area (Å²) in [5.41, 5.74) is 7.08. The molecule has 1 unspecified atom stereocenters. The summed E-state index contributed by atoms with van der Waals surface area (Å²) in [5, 5.41) is 8.44. The third-order valence-corrected chi connectivity index (χ3v) is 1.25. The maximum atomic E-state index is 10.3. The van der Waals surface area contributed by atoms with Crippen molar-refractivity contribution in [3.63, 3.8) is 0 Å². The van der Waals surface area contributed by atoms with Crippen molar-refractivity contribution in [3.8, 4) is 0 Å². The minimum Gasteiger partial charge on any atom is -0.481 e. The summed E-state index contributed by atoms with van der Waals surface area (Å²) < 4.78 is 0. The monoisotopic (exact) mass is 134 g/mol. The van der Waals surface area contributed by atoms with Gasteiger partial charge in [-0.2, -0.15) is 0 Å². The van der Waals surface area contributed by atoms with Crippen LogP contribution in [0.25, 0.3) is 0 Å². The van der Waals surface area contributed by atoms with Crippen LogP contribution < -0.4 is 11.5 Å². The maximum Gasteiger partial charge on any atom is 0.312 e. The first kappa shape index (κ1) is 8.39. The van der Waals surface area contributed by atoms with Crippen molar-refractivity contribution in [1.29, 1.82) is 0 Å². The van der Waals surface area contributed by atoms with Gasteiger partial charge in [0.15, 0.2) is 0 Å². The molecule has 0 spiro atoms. The largest absolute Gasteiger partial charge is 0.481 e. The van der Waals surface area contributed by atoms with Gasteiger partial charge in [0.2, 0.25) is 0 Å². The number of carbonyl (C=O) groups is 1. The average Bonchev–Trinajstić information content (AvgIpc) is 1.82. The van der Waals surface area contributed by atoms with Gasteiger partial charge in [-0.25, -0.2) is 0 Å². The molecule has 0 saturated carbocycles. The molecule has 0 amide bonds. The van der Waals surface area contributed by atoms with Crippen LogP contribution in [0, 0.1) is 5.92 Å². The van der Waals surface area contributed by atoms with Gasteiger partial charge in [0.1, 0.15) is 5.92 Å². The summed E-state index contributed by atoms with van der Waals surface area (Å²) in [4.78, 5) is 10.3. The molecule has 4 nitrogen and oxygen atoms in total. The van der Waals surface area contributed by atoms with Crippen molar-refractivity contribution in [3.05, 3.63) is 0 Å². The van der Waals surface area contributed by atoms with Gasteiger partial charge in [0, 0.05) is 6.42 Å². The van der Waals surface area contributed by atoms with E-state index in [9.17, 15) is 4.79 Å². The number of hydrogen-bond donors (Lipinski definition) is 3. The second kappa shape index (κ2) is 4.29. The van der Waals surface area contributed by atoms with Gasteiger partial charge in [0.25, 0.3) is 0 Å². The van der Waals surface area contributed by atoms with E-state index in [1.807, 2.05) is 0 Å². The number of quaternary nitrogens is 2. The van der Waals surface area contributed by atoms with Gasteiger partial charge >= 0.3 is 5.97 Å². The second-order valence-electron chi connectivity index (χ2n) is 1.97. The molecular weight excluding hydrogens is 120 g/mol. The van der Waals surface area contributed by atoms with Gasteiger partial charge in [-0.15, -0.1) is 0 Å². The minimum absolute atomic E-state index is 0.289. The molecule has 0 aliphatic carbocycles. The molecule has 0 rings (SSSR count). The molecule has 0 aromatic heterocycles. The molecule has 0 bridgehead atoms. The summed E-state index contributed by atoms with van der Waals surface area (Å²) in [6, 6.07) is 0. The number of aliphatic carboxylic acids is 1. The van der Waals surface area contributed by atoms with Crippen LogP contribution in [0.15, 0.2) is 0 Å². The fourth-order valence-corrected chi connectivity index (χ4v) is 0.638. The minimum atomic E-state index is -0.756. The average molecular weight is 134 g/mol. The lowest BCUT2D eigenvalue weighted by molar-refractivity contribution is -0.392. The maximum absolute atomic E-state index is 10.3. The normalized spacial score (nSPS) is 13.1. The quantitative estimate of drug-likeness (QED) is 0.398. The van der Waals surface area contributed by atoms with Crippen LogP contribution in [0.1, 0.15) is 6.42 Å². The molecule has 7 N–H and O–H groups in total. The highest BCUT2D eigenvalue weighted by molar-refractivity contribution is 5.69. The van der Waals surface area contributed by atoms with Crippen molar-refractivity contribution in [2.75, 3.05) is 13.1 Å². The summed E-state index contributed by atoms with van der Waals surface area (Å²) in [6.07, 6.45) is 0.638. The van der Waals surface area contributed by atoms with Gasteiger partial charge in [-0.3, -0.25) is 4.79 Å². The zero-order valence-corrected chi connectivity index (χ0v) is 5.47. The Morgan fingerprint density at radius 2 is 2.11 bits per heavy atom. The number of carboxylic acid groups (broad SMARTS) is 1. The molecule has 1 atom stereocenters. The van der Waals surface area contributed by atoms with E-state index in [2.05, 4.69) is 11.5 Å². The van der Waals surface area contributed by atoms with Gasteiger partial charge < -0.3 is 16.6 Å². The standard InChI is InChI=1S/C5H12N2O2/c6-2-1-4(3-7)5(8)9/h4H,1-3,6-7H2,(H,8,9)/p+2. The summed E-state index contributed by atoms with van der Waals surface area (Å²) in [5.74, 6) is -1.05. The first-order chi connectivity index (χ1) is 4.22. The van der Waals surface area contributed by atoms with Crippen molar-refractivity contribution in [2.24, 2.45) is 5.92 Å². The Kier molecular flexibility index (Phi) is 4.00. The highest BCUT2D eigenvalue weighted by atomic mass is 16.4. The first-order valence-corrected chi connectivity index (χ1v) is 3.03. The lowest BCUT2D eigenvalue weighted by Crippen LogP contribution is -2.58. The summed E-state index contributed by atoms with van der Waals surface area (Å²) >= 11 is 0. The Labute approximate surface area is 53.8 Å². The Morgan fingerprint density at radius 3 is 2.22 bits per heavy atom. The lowest BCUT2D eigenvalue weighted by atomic mass is 10.1. The molecule has 0 heterocycles. The Bertz CT molecular complexity index is 95.0. The van der Waals surface area contributed by atoms with Crippen molar-refractivity contribution >= 4 is 5.97 Å². The molecule has 0 fully saturated rings. The smallest absolute Gasteiger partial charge is 0.312 e. The first-order valence-electron chi connectivity index (χ1n) is 3.03. The molecular formula is C5H14N2O2+2. The SMILES string of the molecule is [NH3+]CCC(C[NH3+])C(=O)O. The second-order valence-corrected chi connectivity index (χ2v) is 1.97. The van der Waals surface area contributed by atoms with Gasteiger partial charge in [0.05, 0.1) is 13.1 Å². The molecule has 4 heteroatoms. The predicted octanol–water partition coefficient (Wildman–Crippen LogP) is -2.44. The lowest BCUT2D eigenvalue weighted by Gasteiger charge is -2.01. The fourth-order valence-electron chi connectivity index (χ4n) is 0.638. The predicted molar refractivity (Wildman–Crippen MR) is 31.3 cm³/mol. The van der Waals surface area contributed by atoms with Crippen molar-refractivity contribution < 1.29 is 21.4 Å². The zero-order chi connectivity index (χ0) is 7.28. The summed E-state index contributed by atoms with van der Waals surface area (Å²) in [6.45, 7) is 1.14. The molecule has 0 aromatic carbocycles. The molecule has 54 valence electrons. The molecule has 0 aliphatic heterocycles. The zero-order valence-electron chi connectivity index (χ0n) is 5.47. The highest BCUT2D eigenvalue weighted by Gasteiger charge is 2.16. The Balaban J connectivity index is 3.54. The van der Waals surface area contributed by atoms with E-state index >= 15 is 0 Å². The molecule has 0 radical (unpaired) electrons. The van der Waals surface area contributed by atoms with E-state index in [0.717, 1.165) is 0 Å². The Hall–Kier alpha value is -0.610. The van der Waals surface area contributed by atoms with E-state index in [-0.39, 0.29) is 5.92 Å². The van der Waals surface area contributed by atoms with Crippen LogP contribution in [-0.2, 0) is 4.79 Å². The Morgan fingerprint density at radius 1 is 1.56 bits per heavy atom. The van der Waals surface area contributed by atoms with E-state index in [0.29, 0.717) is 19.5 Å². The molecule has 0 aromatic rings. The van der Waals surface area contributed by atoms with Crippen LogP contribution in [0.4, 0.5) is 0 Å². The van der Waals surface area contributed by atoms with E-state index < -0.39 is 5.97 Å². The number of carboxylic acids is 1. The molecule has 0 aliphatic rings. The van der Waals surface area contributed by atoms with E-state index in [1.54, 1.807) is 0 Å². The number of rotatable bonds is 4. The third kappa shape index (κ3) is 3.05. The van der Waals surface area contributed by atoms with E-state index in [4.69, 9.17) is 5.11 Å². The van der Waals surface area contributed by atoms with Crippen LogP contribution in [0.5, 0.6) is 0 Å². The topological polar surface area (TPSA) is 92.6 Å².